The molecule has 84 valence electrons. The topological polar surface area (TPSA) is 15.8 Å². The Kier molecular flexibility index (Phi) is 3.81. The minimum absolute atomic E-state index is 1.01. The van der Waals surface area contributed by atoms with Crippen molar-refractivity contribution in [1.82, 2.24) is 4.98 Å². The van der Waals surface area contributed by atoms with Crippen LogP contribution in [-0.4, -0.2) is 4.98 Å². The lowest BCUT2D eigenvalue weighted by atomic mass is 10.1. The number of aromatic nitrogens is 1. The van der Waals surface area contributed by atoms with Gasteiger partial charge in [0.1, 0.15) is 0 Å². The zero-order valence-electron chi connectivity index (χ0n) is 9.87. The number of hydrogen-bond donors (Lipinski definition) is 1. The van der Waals surface area contributed by atoms with Crippen molar-refractivity contribution in [3.63, 3.8) is 0 Å². The van der Waals surface area contributed by atoms with Crippen LogP contribution < -0.4 is 0 Å². The van der Waals surface area contributed by atoms with Gasteiger partial charge in [0.05, 0.1) is 0 Å². The van der Waals surface area contributed by atoms with Gasteiger partial charge in [-0.3, -0.25) is 0 Å². The molecule has 1 aromatic carbocycles. The fourth-order valence-electron chi connectivity index (χ4n) is 1.92. The number of aromatic amines is 1. The van der Waals surface area contributed by atoms with Crippen molar-refractivity contribution < 1.29 is 0 Å². The summed E-state index contributed by atoms with van der Waals surface area (Å²) in [4.78, 5) is 3.50. The van der Waals surface area contributed by atoms with Crippen LogP contribution in [-0.2, 0) is 12.8 Å². The SMILES string of the molecule is CCCCc1ccc(Cc2ccccc2)[nH]1. The van der Waals surface area contributed by atoms with Crippen LogP contribution in [0, 0.1) is 0 Å². The van der Waals surface area contributed by atoms with Crippen molar-refractivity contribution in [1.29, 1.82) is 0 Å². The molecule has 0 atom stereocenters. The van der Waals surface area contributed by atoms with E-state index in [4.69, 9.17) is 0 Å². The van der Waals surface area contributed by atoms with Crippen LogP contribution in [0.25, 0.3) is 0 Å². The monoisotopic (exact) mass is 213 g/mol. The van der Waals surface area contributed by atoms with E-state index in [0.29, 0.717) is 0 Å². The lowest BCUT2D eigenvalue weighted by molar-refractivity contribution is 0.778. The van der Waals surface area contributed by atoms with Crippen LogP contribution in [0.5, 0.6) is 0 Å². The normalized spacial score (nSPS) is 10.6. The van der Waals surface area contributed by atoms with Gasteiger partial charge in [-0.25, -0.2) is 0 Å². The number of rotatable bonds is 5. The number of hydrogen-bond acceptors (Lipinski definition) is 0. The second kappa shape index (κ2) is 5.55. The molecule has 0 saturated carbocycles. The molecule has 0 unspecified atom stereocenters. The predicted octanol–water partition coefficient (Wildman–Crippen LogP) is 3.95. The Morgan fingerprint density at radius 1 is 0.938 bits per heavy atom. The van der Waals surface area contributed by atoms with Crippen molar-refractivity contribution >= 4 is 0 Å². The van der Waals surface area contributed by atoms with Crippen LogP contribution in [0.15, 0.2) is 42.5 Å². The molecule has 0 aliphatic rings. The Morgan fingerprint density at radius 3 is 2.44 bits per heavy atom. The molecule has 0 radical (unpaired) electrons. The Bertz CT molecular complexity index is 414. The fourth-order valence-corrected chi connectivity index (χ4v) is 1.92. The average molecular weight is 213 g/mol. The molecule has 2 rings (SSSR count). The highest BCUT2D eigenvalue weighted by atomic mass is 14.7. The zero-order valence-corrected chi connectivity index (χ0v) is 9.87. The Balaban J connectivity index is 1.97. The van der Waals surface area contributed by atoms with Crippen molar-refractivity contribution in [2.24, 2.45) is 0 Å². The molecule has 1 aromatic heterocycles. The first-order chi connectivity index (χ1) is 7.88. The van der Waals surface area contributed by atoms with Gasteiger partial charge >= 0.3 is 0 Å². The minimum atomic E-state index is 1.01. The van der Waals surface area contributed by atoms with Gasteiger partial charge in [0.2, 0.25) is 0 Å². The van der Waals surface area contributed by atoms with E-state index in [1.165, 1.54) is 36.2 Å². The molecule has 0 amide bonds. The van der Waals surface area contributed by atoms with Crippen molar-refractivity contribution in [3.8, 4) is 0 Å². The predicted molar refractivity (Wildman–Crippen MR) is 68.7 cm³/mol. The lowest BCUT2D eigenvalue weighted by Gasteiger charge is -1.99. The first-order valence-corrected chi connectivity index (χ1v) is 6.09. The summed E-state index contributed by atoms with van der Waals surface area (Å²) in [6, 6.07) is 15.0. The maximum absolute atomic E-state index is 3.50. The standard InChI is InChI=1S/C15H19N/c1-2-3-9-14-10-11-15(16-14)12-13-7-5-4-6-8-13/h4-8,10-11,16H,2-3,9,12H2,1H3. The van der Waals surface area contributed by atoms with Gasteiger partial charge in [-0.2, -0.15) is 0 Å². The first kappa shape index (κ1) is 11.0. The van der Waals surface area contributed by atoms with Crippen LogP contribution in [0.4, 0.5) is 0 Å². The van der Waals surface area contributed by atoms with Gasteiger partial charge in [-0.05, 0) is 30.5 Å². The molecule has 2 aromatic rings. The van der Waals surface area contributed by atoms with Gasteiger partial charge in [0.25, 0.3) is 0 Å². The highest BCUT2D eigenvalue weighted by molar-refractivity contribution is 5.23. The first-order valence-electron chi connectivity index (χ1n) is 6.09. The van der Waals surface area contributed by atoms with Crippen LogP contribution in [0.2, 0.25) is 0 Å². The van der Waals surface area contributed by atoms with Crippen molar-refractivity contribution in [3.05, 3.63) is 59.4 Å². The minimum Gasteiger partial charge on any atom is -0.362 e. The number of aryl methyl sites for hydroxylation is 1. The van der Waals surface area contributed by atoms with E-state index in [9.17, 15) is 0 Å². The van der Waals surface area contributed by atoms with E-state index in [1.54, 1.807) is 0 Å². The number of benzene rings is 1. The summed E-state index contributed by atoms with van der Waals surface area (Å²) in [5.41, 5.74) is 4.05. The van der Waals surface area contributed by atoms with E-state index < -0.39 is 0 Å². The third kappa shape index (κ3) is 2.99. The molecular formula is C15H19N. The second-order valence-electron chi connectivity index (χ2n) is 4.27. The molecule has 1 nitrogen and oxygen atoms in total. The average Bonchev–Trinajstić information content (AvgIpc) is 2.75. The third-order valence-corrected chi connectivity index (χ3v) is 2.84. The van der Waals surface area contributed by atoms with Gasteiger partial charge in [0, 0.05) is 17.8 Å². The molecule has 0 fully saturated rings. The molecule has 16 heavy (non-hydrogen) atoms. The summed E-state index contributed by atoms with van der Waals surface area (Å²) < 4.78 is 0. The summed E-state index contributed by atoms with van der Waals surface area (Å²) in [7, 11) is 0. The van der Waals surface area contributed by atoms with E-state index in [-0.39, 0.29) is 0 Å². The van der Waals surface area contributed by atoms with E-state index in [1.807, 2.05) is 0 Å². The lowest BCUT2D eigenvalue weighted by Crippen LogP contribution is -1.89. The number of unbranched alkanes of at least 4 members (excludes halogenated alkanes) is 1. The van der Waals surface area contributed by atoms with Crippen LogP contribution in [0.3, 0.4) is 0 Å². The van der Waals surface area contributed by atoms with Crippen molar-refractivity contribution in [2.75, 3.05) is 0 Å². The van der Waals surface area contributed by atoms with Gasteiger partial charge in [-0.1, -0.05) is 43.7 Å². The van der Waals surface area contributed by atoms with Gasteiger partial charge in [0.15, 0.2) is 0 Å². The molecule has 0 aliphatic heterocycles. The molecule has 0 spiro atoms. The van der Waals surface area contributed by atoms with E-state index in [2.05, 4.69) is 54.4 Å². The summed E-state index contributed by atoms with van der Waals surface area (Å²) >= 11 is 0. The van der Waals surface area contributed by atoms with E-state index >= 15 is 0 Å². The van der Waals surface area contributed by atoms with Gasteiger partial charge in [-0.15, -0.1) is 0 Å². The van der Waals surface area contributed by atoms with Crippen LogP contribution in [0.1, 0.15) is 36.7 Å². The maximum Gasteiger partial charge on any atom is 0.0193 e. The highest BCUT2D eigenvalue weighted by Crippen LogP contribution is 2.10. The molecule has 0 aliphatic carbocycles. The smallest absolute Gasteiger partial charge is 0.0193 e. The summed E-state index contributed by atoms with van der Waals surface area (Å²) in [5, 5.41) is 0. The fraction of sp³-hybridized carbons (Fsp3) is 0.333. The quantitative estimate of drug-likeness (QED) is 0.774. The Morgan fingerprint density at radius 2 is 1.69 bits per heavy atom. The zero-order chi connectivity index (χ0) is 11.2. The van der Waals surface area contributed by atoms with Crippen molar-refractivity contribution in [2.45, 2.75) is 32.6 Å². The molecule has 0 saturated heterocycles. The number of H-pyrrole nitrogens is 1. The molecule has 1 heteroatoms. The Labute approximate surface area is 97.5 Å². The summed E-state index contributed by atoms with van der Waals surface area (Å²) in [5.74, 6) is 0. The second-order valence-corrected chi connectivity index (χ2v) is 4.27. The van der Waals surface area contributed by atoms with Crippen LogP contribution >= 0.6 is 0 Å². The highest BCUT2D eigenvalue weighted by Gasteiger charge is 1.99. The third-order valence-electron chi connectivity index (χ3n) is 2.84. The summed E-state index contributed by atoms with van der Waals surface area (Å²) in [6.45, 7) is 2.23. The molecular weight excluding hydrogens is 194 g/mol. The Hall–Kier alpha value is -1.50. The molecule has 1 heterocycles. The molecule has 0 bridgehead atoms. The van der Waals surface area contributed by atoms with Gasteiger partial charge < -0.3 is 4.98 Å². The summed E-state index contributed by atoms with van der Waals surface area (Å²) in [6.07, 6.45) is 4.70. The molecule has 1 N–H and O–H groups in total. The van der Waals surface area contributed by atoms with E-state index in [0.717, 1.165) is 6.42 Å². The maximum atomic E-state index is 3.50. The number of nitrogens with one attached hydrogen (secondary N) is 1. The largest absolute Gasteiger partial charge is 0.362 e.